The van der Waals surface area contributed by atoms with Gasteiger partial charge < -0.3 is 10.2 Å². The number of carboxylic acids is 1. The van der Waals surface area contributed by atoms with Crippen molar-refractivity contribution in [2.45, 2.75) is 24.9 Å². The van der Waals surface area contributed by atoms with Gasteiger partial charge in [0.1, 0.15) is 11.8 Å². The van der Waals surface area contributed by atoms with Crippen molar-refractivity contribution in [3.63, 3.8) is 0 Å². The summed E-state index contributed by atoms with van der Waals surface area (Å²) in [6.07, 6.45) is 1.43. The van der Waals surface area contributed by atoms with Crippen LogP contribution in [0.15, 0.2) is 24.3 Å². The maximum atomic E-state index is 10.7. The second-order valence-electron chi connectivity index (χ2n) is 3.78. The highest BCUT2D eigenvalue weighted by molar-refractivity contribution is 5.73. The zero-order chi connectivity index (χ0) is 10.8. The maximum Gasteiger partial charge on any atom is 0.320 e. The van der Waals surface area contributed by atoms with E-state index in [-0.39, 0.29) is 11.8 Å². The lowest BCUT2D eigenvalue weighted by molar-refractivity contribution is -0.139. The van der Waals surface area contributed by atoms with Gasteiger partial charge in [0.05, 0.1) is 0 Å². The molecule has 4 nitrogen and oxygen atoms in total. The van der Waals surface area contributed by atoms with Gasteiger partial charge in [-0.25, -0.2) is 0 Å². The molecule has 0 unspecified atom stereocenters. The van der Waals surface area contributed by atoms with Crippen molar-refractivity contribution >= 4 is 5.97 Å². The molecule has 0 saturated carbocycles. The fourth-order valence-corrected chi connectivity index (χ4v) is 1.94. The van der Waals surface area contributed by atoms with Crippen LogP contribution in [-0.4, -0.2) is 22.2 Å². The summed E-state index contributed by atoms with van der Waals surface area (Å²) in [5.74, 6) is -0.592. The molecule has 1 fully saturated rings. The minimum absolute atomic E-state index is 0.0400. The minimum atomic E-state index is -0.808. The minimum Gasteiger partial charge on any atom is -0.508 e. The Morgan fingerprint density at radius 2 is 2.20 bits per heavy atom. The van der Waals surface area contributed by atoms with Gasteiger partial charge in [-0.15, -0.1) is 0 Å². The molecule has 0 amide bonds. The molecule has 2 atom stereocenters. The number of carbonyl (C=O) groups is 1. The summed E-state index contributed by atoms with van der Waals surface area (Å²) in [6.45, 7) is 0. The standard InChI is InChI=1S/C11H13NO3/c13-8-3-1-2-7(6-8)9-4-5-10(12-9)11(14)15/h1-3,6,9-10,12-13H,4-5H2,(H,14,15)/t9-,10+/m1/s1. The van der Waals surface area contributed by atoms with Crippen LogP contribution >= 0.6 is 0 Å². The van der Waals surface area contributed by atoms with Crippen LogP contribution in [0.4, 0.5) is 0 Å². The van der Waals surface area contributed by atoms with Gasteiger partial charge in [0.25, 0.3) is 0 Å². The summed E-state index contributed by atoms with van der Waals surface area (Å²) >= 11 is 0. The molecular weight excluding hydrogens is 194 g/mol. The van der Waals surface area contributed by atoms with Crippen LogP contribution < -0.4 is 5.32 Å². The Hall–Kier alpha value is -1.55. The van der Waals surface area contributed by atoms with Crippen molar-refractivity contribution < 1.29 is 15.0 Å². The number of hydrogen-bond donors (Lipinski definition) is 3. The van der Waals surface area contributed by atoms with Gasteiger partial charge in [-0.3, -0.25) is 10.1 Å². The van der Waals surface area contributed by atoms with E-state index in [1.165, 1.54) is 0 Å². The van der Waals surface area contributed by atoms with E-state index in [1.54, 1.807) is 18.2 Å². The second kappa shape index (κ2) is 3.90. The molecule has 4 heteroatoms. The van der Waals surface area contributed by atoms with Crippen LogP contribution in [0.2, 0.25) is 0 Å². The highest BCUT2D eigenvalue weighted by Crippen LogP contribution is 2.28. The van der Waals surface area contributed by atoms with Crippen LogP contribution in [0.1, 0.15) is 24.4 Å². The topological polar surface area (TPSA) is 69.6 Å². The Balaban J connectivity index is 2.11. The third kappa shape index (κ3) is 2.10. The molecule has 0 radical (unpaired) electrons. The quantitative estimate of drug-likeness (QED) is 0.683. The van der Waals surface area contributed by atoms with Crippen molar-refractivity contribution in [3.8, 4) is 5.75 Å². The van der Waals surface area contributed by atoms with E-state index in [4.69, 9.17) is 5.11 Å². The van der Waals surface area contributed by atoms with Gasteiger partial charge >= 0.3 is 5.97 Å². The molecule has 2 rings (SSSR count). The first-order chi connectivity index (χ1) is 7.16. The van der Waals surface area contributed by atoms with E-state index in [1.807, 2.05) is 6.07 Å². The zero-order valence-electron chi connectivity index (χ0n) is 8.18. The molecule has 15 heavy (non-hydrogen) atoms. The molecule has 0 bridgehead atoms. The van der Waals surface area contributed by atoms with Crippen molar-refractivity contribution in [2.24, 2.45) is 0 Å². The number of benzene rings is 1. The highest BCUT2D eigenvalue weighted by Gasteiger charge is 2.29. The Labute approximate surface area is 87.6 Å². The van der Waals surface area contributed by atoms with E-state index in [0.717, 1.165) is 12.0 Å². The van der Waals surface area contributed by atoms with Gasteiger partial charge in [0.2, 0.25) is 0 Å². The Bertz CT molecular complexity index is 378. The van der Waals surface area contributed by atoms with Gasteiger partial charge in [-0.05, 0) is 30.5 Å². The Morgan fingerprint density at radius 1 is 1.40 bits per heavy atom. The zero-order valence-corrected chi connectivity index (χ0v) is 8.18. The van der Waals surface area contributed by atoms with Crippen molar-refractivity contribution in [1.82, 2.24) is 5.32 Å². The Morgan fingerprint density at radius 3 is 2.80 bits per heavy atom. The lowest BCUT2D eigenvalue weighted by atomic mass is 10.1. The molecule has 1 aromatic carbocycles. The summed E-state index contributed by atoms with van der Waals surface area (Å²) < 4.78 is 0. The summed E-state index contributed by atoms with van der Waals surface area (Å²) in [6, 6.07) is 6.51. The number of phenolic OH excluding ortho intramolecular Hbond substituents is 1. The molecule has 3 N–H and O–H groups in total. The largest absolute Gasteiger partial charge is 0.508 e. The molecule has 0 spiro atoms. The number of hydrogen-bond acceptors (Lipinski definition) is 3. The third-order valence-electron chi connectivity index (χ3n) is 2.72. The summed E-state index contributed by atoms with van der Waals surface area (Å²) in [7, 11) is 0. The number of phenols is 1. The number of carboxylic acid groups (broad SMARTS) is 1. The van der Waals surface area contributed by atoms with E-state index < -0.39 is 12.0 Å². The van der Waals surface area contributed by atoms with Crippen molar-refractivity contribution in [1.29, 1.82) is 0 Å². The van der Waals surface area contributed by atoms with E-state index in [2.05, 4.69) is 5.32 Å². The number of rotatable bonds is 2. The molecule has 0 aromatic heterocycles. The van der Waals surface area contributed by atoms with Crippen LogP contribution in [0, 0.1) is 0 Å². The predicted octanol–water partition coefficient (Wildman–Crippen LogP) is 1.27. The maximum absolute atomic E-state index is 10.7. The number of nitrogens with one attached hydrogen (secondary N) is 1. The second-order valence-corrected chi connectivity index (χ2v) is 3.78. The van der Waals surface area contributed by atoms with Crippen LogP contribution in [0.25, 0.3) is 0 Å². The number of aromatic hydroxyl groups is 1. The average Bonchev–Trinajstić information content (AvgIpc) is 2.66. The molecule has 1 aliphatic heterocycles. The molecule has 1 aliphatic rings. The van der Waals surface area contributed by atoms with Gasteiger partial charge in [-0.1, -0.05) is 12.1 Å². The first kappa shape index (κ1) is 9.98. The first-order valence-corrected chi connectivity index (χ1v) is 4.94. The molecule has 1 heterocycles. The molecule has 1 aromatic rings. The molecular formula is C11H13NO3. The molecule has 80 valence electrons. The van der Waals surface area contributed by atoms with Crippen LogP contribution in [-0.2, 0) is 4.79 Å². The normalized spacial score (nSPS) is 25.3. The Kier molecular flexibility index (Phi) is 2.60. The summed E-state index contributed by atoms with van der Waals surface area (Å²) in [5, 5.41) is 21.1. The molecule has 1 saturated heterocycles. The monoisotopic (exact) mass is 207 g/mol. The van der Waals surface area contributed by atoms with Gasteiger partial charge in [-0.2, -0.15) is 0 Å². The third-order valence-corrected chi connectivity index (χ3v) is 2.72. The summed E-state index contributed by atoms with van der Waals surface area (Å²) in [5.41, 5.74) is 0.943. The summed E-state index contributed by atoms with van der Waals surface area (Å²) in [4.78, 5) is 10.7. The predicted molar refractivity (Wildman–Crippen MR) is 54.6 cm³/mol. The lowest BCUT2D eigenvalue weighted by Gasteiger charge is -2.12. The smallest absolute Gasteiger partial charge is 0.320 e. The average molecular weight is 207 g/mol. The lowest BCUT2D eigenvalue weighted by Crippen LogP contribution is -2.31. The van der Waals surface area contributed by atoms with E-state index >= 15 is 0 Å². The first-order valence-electron chi connectivity index (χ1n) is 4.94. The van der Waals surface area contributed by atoms with E-state index in [0.29, 0.717) is 6.42 Å². The van der Waals surface area contributed by atoms with E-state index in [9.17, 15) is 9.90 Å². The van der Waals surface area contributed by atoms with Crippen LogP contribution in [0.3, 0.4) is 0 Å². The van der Waals surface area contributed by atoms with Crippen molar-refractivity contribution in [3.05, 3.63) is 29.8 Å². The fourth-order valence-electron chi connectivity index (χ4n) is 1.94. The number of aliphatic carboxylic acids is 1. The highest BCUT2D eigenvalue weighted by atomic mass is 16.4. The molecule has 0 aliphatic carbocycles. The van der Waals surface area contributed by atoms with Gasteiger partial charge in [0, 0.05) is 6.04 Å². The van der Waals surface area contributed by atoms with Gasteiger partial charge in [0.15, 0.2) is 0 Å². The fraction of sp³-hybridized carbons (Fsp3) is 0.364. The van der Waals surface area contributed by atoms with Crippen LogP contribution in [0.5, 0.6) is 5.75 Å². The van der Waals surface area contributed by atoms with Crippen molar-refractivity contribution in [2.75, 3.05) is 0 Å². The SMILES string of the molecule is O=C(O)[C@@H]1CC[C@H](c2cccc(O)c2)N1.